The molecular weight excluding hydrogens is 757 g/mol. The number of nitrogens with zero attached hydrogens (tertiary/aromatic N) is 2. The first kappa shape index (κ1) is 35.2. The average Bonchev–Trinajstić information content (AvgIpc) is 3.88. The minimum Gasteiger partial charge on any atom is -0.310 e. The standard InChI is InChI=1S/C58H38N2S/c1-2-15-49-42(11-1)12-9-19-50(49)43-25-23-39(24-26-43)40-27-32-45(33-28-40)59(46-34-29-41(30-35-46)44-31-36-58-54(37-44)53-18-5-8-22-57(53)61-58)47-13-10-14-48(38-47)60-55-20-6-3-16-51(55)52-17-4-7-21-56(52)60/h1-38H. The summed E-state index contributed by atoms with van der Waals surface area (Å²) in [6.07, 6.45) is 0. The van der Waals surface area contributed by atoms with Crippen molar-refractivity contribution < 1.29 is 0 Å². The van der Waals surface area contributed by atoms with Gasteiger partial charge in [-0.1, -0.05) is 158 Å². The normalized spacial score (nSPS) is 11.6. The Kier molecular flexibility index (Phi) is 8.39. The Morgan fingerprint density at radius 3 is 1.52 bits per heavy atom. The number of anilines is 3. The van der Waals surface area contributed by atoms with Crippen molar-refractivity contribution in [3.05, 3.63) is 231 Å². The van der Waals surface area contributed by atoms with Crippen LogP contribution in [0.15, 0.2) is 231 Å². The van der Waals surface area contributed by atoms with E-state index in [9.17, 15) is 0 Å². The lowest BCUT2D eigenvalue weighted by Gasteiger charge is -2.26. The van der Waals surface area contributed by atoms with Gasteiger partial charge in [-0.05, 0) is 117 Å². The lowest BCUT2D eigenvalue weighted by molar-refractivity contribution is 1.17. The van der Waals surface area contributed by atoms with Crippen LogP contribution < -0.4 is 4.90 Å². The summed E-state index contributed by atoms with van der Waals surface area (Å²) in [4.78, 5) is 2.38. The molecule has 0 spiro atoms. The molecule has 0 saturated heterocycles. The molecule has 12 aromatic rings. The third kappa shape index (κ3) is 6.09. The van der Waals surface area contributed by atoms with E-state index in [1.807, 2.05) is 11.3 Å². The summed E-state index contributed by atoms with van der Waals surface area (Å²) in [5.41, 5.74) is 14.1. The SMILES string of the molecule is c1cc(N(c2ccc(-c3ccc(-c4cccc5ccccc45)cc3)cc2)c2ccc(-c3ccc4sc5ccccc5c4c3)cc2)cc(-n2c3ccccc3c3ccccc32)c1. The minimum absolute atomic E-state index is 1.09. The van der Waals surface area contributed by atoms with E-state index < -0.39 is 0 Å². The molecular formula is C58H38N2S. The molecule has 0 aliphatic rings. The molecule has 0 fully saturated rings. The molecule has 0 unspecified atom stereocenters. The fourth-order valence-electron chi connectivity index (χ4n) is 9.25. The summed E-state index contributed by atoms with van der Waals surface area (Å²) in [6, 6.07) is 84.2. The van der Waals surface area contributed by atoms with Crippen molar-refractivity contribution in [2.75, 3.05) is 4.90 Å². The Morgan fingerprint density at radius 2 is 0.820 bits per heavy atom. The van der Waals surface area contributed by atoms with Gasteiger partial charge in [0.1, 0.15) is 0 Å². The van der Waals surface area contributed by atoms with Gasteiger partial charge in [-0.25, -0.2) is 0 Å². The van der Waals surface area contributed by atoms with Crippen molar-refractivity contribution in [3.8, 4) is 39.1 Å². The van der Waals surface area contributed by atoms with E-state index in [1.165, 1.54) is 86.1 Å². The second-order valence-electron chi connectivity index (χ2n) is 15.7. The fourth-order valence-corrected chi connectivity index (χ4v) is 10.3. The Morgan fingerprint density at radius 1 is 0.311 bits per heavy atom. The Bertz CT molecular complexity index is 3520. The van der Waals surface area contributed by atoms with E-state index in [0.29, 0.717) is 0 Å². The number of benzene rings is 10. The number of hydrogen-bond acceptors (Lipinski definition) is 2. The molecule has 61 heavy (non-hydrogen) atoms. The predicted octanol–water partition coefficient (Wildman–Crippen LogP) is 16.8. The first-order valence-electron chi connectivity index (χ1n) is 20.8. The van der Waals surface area contributed by atoms with Gasteiger partial charge in [0.25, 0.3) is 0 Å². The average molecular weight is 795 g/mol. The summed E-state index contributed by atoms with van der Waals surface area (Å²) in [7, 11) is 0. The minimum atomic E-state index is 1.09. The number of aromatic nitrogens is 1. The van der Waals surface area contributed by atoms with Crippen molar-refractivity contribution in [3.63, 3.8) is 0 Å². The quantitative estimate of drug-likeness (QED) is 0.156. The molecule has 0 bridgehead atoms. The van der Waals surface area contributed by atoms with Crippen molar-refractivity contribution in [2.24, 2.45) is 0 Å². The molecule has 0 aliphatic carbocycles. The van der Waals surface area contributed by atoms with Gasteiger partial charge in [0.2, 0.25) is 0 Å². The smallest absolute Gasteiger partial charge is 0.0541 e. The molecule has 10 aromatic carbocycles. The van der Waals surface area contributed by atoms with Gasteiger partial charge in [-0.15, -0.1) is 11.3 Å². The summed E-state index contributed by atoms with van der Waals surface area (Å²) in [6.45, 7) is 0. The Labute approximate surface area is 358 Å². The maximum Gasteiger partial charge on any atom is 0.0541 e. The van der Waals surface area contributed by atoms with Crippen molar-refractivity contribution in [2.45, 2.75) is 0 Å². The van der Waals surface area contributed by atoms with Gasteiger partial charge < -0.3 is 9.47 Å². The van der Waals surface area contributed by atoms with Crippen LogP contribution in [0.2, 0.25) is 0 Å². The lowest BCUT2D eigenvalue weighted by Crippen LogP contribution is -2.10. The monoisotopic (exact) mass is 794 g/mol. The zero-order valence-electron chi connectivity index (χ0n) is 33.2. The van der Waals surface area contributed by atoms with Crippen LogP contribution in [-0.2, 0) is 0 Å². The van der Waals surface area contributed by atoms with Crippen LogP contribution in [0, 0.1) is 0 Å². The van der Waals surface area contributed by atoms with Crippen LogP contribution in [0.1, 0.15) is 0 Å². The van der Waals surface area contributed by atoms with Crippen molar-refractivity contribution in [1.82, 2.24) is 4.57 Å². The maximum absolute atomic E-state index is 2.39. The number of thiophene rings is 1. The van der Waals surface area contributed by atoms with E-state index in [-0.39, 0.29) is 0 Å². The number of rotatable bonds is 7. The number of para-hydroxylation sites is 2. The van der Waals surface area contributed by atoms with Crippen molar-refractivity contribution >= 4 is 81.1 Å². The topological polar surface area (TPSA) is 8.17 Å². The highest BCUT2D eigenvalue weighted by Gasteiger charge is 2.17. The van der Waals surface area contributed by atoms with Gasteiger partial charge in [0.15, 0.2) is 0 Å². The zero-order valence-corrected chi connectivity index (χ0v) is 34.1. The Balaban J connectivity index is 0.939. The van der Waals surface area contributed by atoms with E-state index in [1.54, 1.807) is 0 Å². The van der Waals surface area contributed by atoms with E-state index >= 15 is 0 Å². The van der Waals surface area contributed by atoms with Crippen LogP contribution in [0.5, 0.6) is 0 Å². The molecule has 0 atom stereocenters. The third-order valence-electron chi connectivity index (χ3n) is 12.2. The van der Waals surface area contributed by atoms with Gasteiger partial charge >= 0.3 is 0 Å². The molecule has 0 N–H and O–H groups in total. The van der Waals surface area contributed by atoms with Gasteiger partial charge in [-0.2, -0.15) is 0 Å². The summed E-state index contributed by atoms with van der Waals surface area (Å²) in [5, 5.41) is 7.67. The molecule has 2 aromatic heterocycles. The number of fused-ring (bicyclic) bond motifs is 7. The molecule has 2 heterocycles. The molecule has 12 rings (SSSR count). The summed E-state index contributed by atoms with van der Waals surface area (Å²) in [5.74, 6) is 0. The predicted molar refractivity (Wildman–Crippen MR) is 262 cm³/mol. The molecule has 2 nitrogen and oxygen atoms in total. The molecule has 0 amide bonds. The van der Waals surface area contributed by atoms with Gasteiger partial charge in [0.05, 0.1) is 11.0 Å². The molecule has 0 saturated carbocycles. The van der Waals surface area contributed by atoms with Crippen LogP contribution in [0.25, 0.3) is 91.8 Å². The van der Waals surface area contributed by atoms with Gasteiger partial charge in [0, 0.05) is 53.7 Å². The van der Waals surface area contributed by atoms with Crippen molar-refractivity contribution in [1.29, 1.82) is 0 Å². The number of hydrogen-bond donors (Lipinski definition) is 0. The summed E-state index contributed by atoms with van der Waals surface area (Å²) >= 11 is 1.86. The molecule has 3 heteroatoms. The molecule has 0 aliphatic heterocycles. The highest BCUT2D eigenvalue weighted by Crippen LogP contribution is 2.41. The third-order valence-corrected chi connectivity index (χ3v) is 13.4. The van der Waals surface area contributed by atoms with Crippen LogP contribution in [-0.4, -0.2) is 4.57 Å². The lowest BCUT2D eigenvalue weighted by atomic mass is 9.96. The maximum atomic E-state index is 2.39. The Hall–Kier alpha value is -7.72. The highest BCUT2D eigenvalue weighted by molar-refractivity contribution is 7.25. The first-order chi connectivity index (χ1) is 30.2. The molecule has 286 valence electrons. The van der Waals surface area contributed by atoms with Crippen LogP contribution in [0.3, 0.4) is 0 Å². The first-order valence-corrected chi connectivity index (χ1v) is 21.6. The van der Waals surface area contributed by atoms with E-state index in [2.05, 4.69) is 240 Å². The zero-order chi connectivity index (χ0) is 40.3. The largest absolute Gasteiger partial charge is 0.310 e. The van der Waals surface area contributed by atoms with E-state index in [0.717, 1.165) is 22.7 Å². The van der Waals surface area contributed by atoms with Crippen LogP contribution in [0.4, 0.5) is 17.1 Å². The summed E-state index contributed by atoms with van der Waals surface area (Å²) < 4.78 is 5.04. The molecule has 0 radical (unpaired) electrons. The van der Waals surface area contributed by atoms with E-state index in [4.69, 9.17) is 0 Å². The second-order valence-corrected chi connectivity index (χ2v) is 16.8. The fraction of sp³-hybridized carbons (Fsp3) is 0. The highest BCUT2D eigenvalue weighted by atomic mass is 32.1. The van der Waals surface area contributed by atoms with Crippen LogP contribution >= 0.6 is 11.3 Å². The van der Waals surface area contributed by atoms with Gasteiger partial charge in [-0.3, -0.25) is 0 Å². The second kappa shape index (κ2) is 14.5.